The van der Waals surface area contributed by atoms with Crippen LogP contribution in [0.4, 0.5) is 0 Å². The van der Waals surface area contributed by atoms with Crippen LogP contribution in [0, 0.1) is 41.5 Å². The number of nitrogens with zero attached hydrogens (tertiary/aromatic N) is 2. The van der Waals surface area contributed by atoms with Crippen LogP contribution >= 0.6 is 0 Å². The third-order valence-electron chi connectivity index (χ3n) is 5.87. The van der Waals surface area contributed by atoms with Gasteiger partial charge in [0.2, 0.25) is 0 Å². The zero-order chi connectivity index (χ0) is 23.4. The minimum Gasteiger partial charge on any atom is -0.483 e. The second kappa shape index (κ2) is 10.1. The van der Waals surface area contributed by atoms with Crippen LogP contribution in [-0.4, -0.2) is 61.0 Å². The van der Waals surface area contributed by atoms with Crippen molar-refractivity contribution < 1.29 is 19.1 Å². The number of hydrogen-bond donors (Lipinski definition) is 0. The van der Waals surface area contributed by atoms with Gasteiger partial charge in [-0.1, -0.05) is 35.4 Å². The zero-order valence-corrected chi connectivity index (χ0v) is 20.1. The molecule has 2 aromatic carbocycles. The predicted molar refractivity (Wildman–Crippen MR) is 125 cm³/mol. The van der Waals surface area contributed by atoms with E-state index >= 15 is 0 Å². The van der Waals surface area contributed by atoms with Gasteiger partial charge in [0.1, 0.15) is 11.5 Å². The van der Waals surface area contributed by atoms with Crippen LogP contribution in [0.5, 0.6) is 11.5 Å². The quantitative estimate of drug-likeness (QED) is 0.691. The summed E-state index contributed by atoms with van der Waals surface area (Å²) in [7, 11) is 0. The number of rotatable bonds is 6. The Morgan fingerprint density at radius 1 is 0.625 bits per heavy atom. The molecule has 1 heterocycles. The number of amides is 2. The molecular formula is C26H34N2O4. The zero-order valence-electron chi connectivity index (χ0n) is 20.1. The molecular weight excluding hydrogens is 404 g/mol. The number of carbonyl (C=O) groups is 2. The molecule has 0 aliphatic carbocycles. The van der Waals surface area contributed by atoms with Gasteiger partial charge < -0.3 is 19.3 Å². The van der Waals surface area contributed by atoms with Gasteiger partial charge >= 0.3 is 0 Å². The standard InChI is InChI=1S/C26H34N2O4/c1-17-11-19(3)25(20(4)12-17)31-15-23(29)27-7-9-28(10-8-27)24(30)16-32-26-21(5)13-18(2)14-22(26)6/h11-14H,7-10,15-16H2,1-6H3. The molecule has 1 aliphatic rings. The third kappa shape index (κ3) is 5.61. The van der Waals surface area contributed by atoms with Crippen molar-refractivity contribution in [3.8, 4) is 11.5 Å². The van der Waals surface area contributed by atoms with Crippen LogP contribution in [0.25, 0.3) is 0 Å². The Bertz CT molecular complexity index is 879. The maximum atomic E-state index is 12.6. The van der Waals surface area contributed by atoms with Crippen LogP contribution in [-0.2, 0) is 9.59 Å². The van der Waals surface area contributed by atoms with Crippen molar-refractivity contribution in [2.45, 2.75) is 41.5 Å². The number of ether oxygens (including phenoxy) is 2. The van der Waals surface area contributed by atoms with Crippen molar-refractivity contribution in [2.75, 3.05) is 39.4 Å². The van der Waals surface area contributed by atoms with Gasteiger partial charge in [-0.15, -0.1) is 0 Å². The maximum Gasteiger partial charge on any atom is 0.260 e. The lowest BCUT2D eigenvalue weighted by Gasteiger charge is -2.34. The van der Waals surface area contributed by atoms with E-state index in [9.17, 15) is 9.59 Å². The summed E-state index contributed by atoms with van der Waals surface area (Å²) in [6.07, 6.45) is 0. The summed E-state index contributed by atoms with van der Waals surface area (Å²) >= 11 is 0. The van der Waals surface area contributed by atoms with E-state index < -0.39 is 0 Å². The molecule has 0 bridgehead atoms. The molecule has 0 unspecified atom stereocenters. The molecule has 32 heavy (non-hydrogen) atoms. The molecule has 1 aliphatic heterocycles. The first-order valence-corrected chi connectivity index (χ1v) is 11.1. The van der Waals surface area contributed by atoms with Crippen molar-refractivity contribution in [3.63, 3.8) is 0 Å². The number of carbonyl (C=O) groups excluding carboxylic acids is 2. The molecule has 0 radical (unpaired) electrons. The van der Waals surface area contributed by atoms with Crippen molar-refractivity contribution >= 4 is 11.8 Å². The number of aryl methyl sites for hydroxylation is 6. The Morgan fingerprint density at radius 3 is 1.19 bits per heavy atom. The Labute approximate surface area is 191 Å². The van der Waals surface area contributed by atoms with Crippen LogP contribution in [0.2, 0.25) is 0 Å². The van der Waals surface area contributed by atoms with Gasteiger partial charge in [-0.05, 0) is 63.8 Å². The lowest BCUT2D eigenvalue weighted by molar-refractivity contribution is -0.141. The molecule has 2 amide bonds. The highest BCUT2D eigenvalue weighted by Crippen LogP contribution is 2.25. The SMILES string of the molecule is Cc1cc(C)c(OCC(=O)N2CCN(C(=O)COc3c(C)cc(C)cc3C)CC2)c(C)c1. The van der Waals surface area contributed by atoms with Crippen molar-refractivity contribution in [1.29, 1.82) is 0 Å². The van der Waals surface area contributed by atoms with Crippen LogP contribution in [0.15, 0.2) is 24.3 Å². The van der Waals surface area contributed by atoms with Gasteiger partial charge in [0.15, 0.2) is 13.2 Å². The molecule has 6 nitrogen and oxygen atoms in total. The van der Waals surface area contributed by atoms with E-state index in [-0.39, 0.29) is 25.0 Å². The molecule has 0 atom stereocenters. The summed E-state index contributed by atoms with van der Waals surface area (Å²) in [5.74, 6) is 1.44. The van der Waals surface area contributed by atoms with E-state index in [1.165, 1.54) is 11.1 Å². The van der Waals surface area contributed by atoms with Gasteiger partial charge in [0.25, 0.3) is 11.8 Å². The Balaban J connectivity index is 1.47. The number of hydrogen-bond acceptors (Lipinski definition) is 4. The van der Waals surface area contributed by atoms with Crippen molar-refractivity contribution in [3.05, 3.63) is 57.6 Å². The summed E-state index contributed by atoms with van der Waals surface area (Å²) in [5.41, 5.74) is 6.48. The van der Waals surface area contributed by atoms with Gasteiger partial charge in [0, 0.05) is 26.2 Å². The largest absolute Gasteiger partial charge is 0.483 e. The van der Waals surface area contributed by atoms with Gasteiger partial charge in [0.05, 0.1) is 0 Å². The van der Waals surface area contributed by atoms with E-state index in [4.69, 9.17) is 9.47 Å². The summed E-state index contributed by atoms with van der Waals surface area (Å²) < 4.78 is 11.7. The molecule has 1 saturated heterocycles. The fraction of sp³-hybridized carbons (Fsp3) is 0.462. The van der Waals surface area contributed by atoms with E-state index in [2.05, 4.69) is 24.3 Å². The predicted octanol–water partition coefficient (Wildman–Crippen LogP) is 3.67. The number of piperazine rings is 1. The fourth-order valence-corrected chi connectivity index (χ4v) is 4.44. The minimum atomic E-state index is -0.0568. The van der Waals surface area contributed by atoms with Crippen LogP contribution in [0.3, 0.4) is 0 Å². The monoisotopic (exact) mass is 438 g/mol. The van der Waals surface area contributed by atoms with E-state index in [0.717, 1.165) is 33.8 Å². The lowest BCUT2D eigenvalue weighted by atomic mass is 10.1. The molecule has 1 fully saturated rings. The molecule has 2 aromatic rings. The first-order chi connectivity index (χ1) is 15.2. The van der Waals surface area contributed by atoms with Gasteiger partial charge in [-0.3, -0.25) is 9.59 Å². The third-order valence-corrected chi connectivity index (χ3v) is 5.87. The Kier molecular flexibility index (Phi) is 7.44. The second-order valence-electron chi connectivity index (χ2n) is 8.79. The second-order valence-corrected chi connectivity index (χ2v) is 8.79. The number of benzene rings is 2. The van der Waals surface area contributed by atoms with Crippen molar-refractivity contribution in [2.24, 2.45) is 0 Å². The highest BCUT2D eigenvalue weighted by Gasteiger charge is 2.25. The highest BCUT2D eigenvalue weighted by molar-refractivity contribution is 5.80. The topological polar surface area (TPSA) is 59.1 Å². The average Bonchev–Trinajstić information content (AvgIpc) is 2.72. The molecule has 172 valence electrons. The van der Waals surface area contributed by atoms with E-state index in [0.29, 0.717) is 26.2 Å². The first-order valence-electron chi connectivity index (χ1n) is 11.1. The Morgan fingerprint density at radius 2 is 0.906 bits per heavy atom. The summed E-state index contributed by atoms with van der Waals surface area (Å²) in [6.45, 7) is 14.1. The molecule has 0 spiro atoms. The minimum absolute atomic E-state index is 0.00771. The Hall–Kier alpha value is -3.02. The average molecular weight is 439 g/mol. The molecule has 0 N–H and O–H groups in total. The van der Waals surface area contributed by atoms with Gasteiger partial charge in [-0.25, -0.2) is 0 Å². The molecule has 0 aromatic heterocycles. The molecule has 6 heteroatoms. The molecule has 0 saturated carbocycles. The van der Waals surface area contributed by atoms with Gasteiger partial charge in [-0.2, -0.15) is 0 Å². The van der Waals surface area contributed by atoms with Crippen LogP contribution < -0.4 is 9.47 Å². The highest BCUT2D eigenvalue weighted by atomic mass is 16.5. The normalized spacial score (nSPS) is 13.8. The smallest absolute Gasteiger partial charge is 0.260 e. The van der Waals surface area contributed by atoms with Crippen LogP contribution in [0.1, 0.15) is 33.4 Å². The first kappa shape index (κ1) is 23.6. The summed E-state index contributed by atoms with van der Waals surface area (Å²) in [5, 5.41) is 0. The fourth-order valence-electron chi connectivity index (χ4n) is 4.44. The lowest BCUT2D eigenvalue weighted by Crippen LogP contribution is -2.52. The summed E-state index contributed by atoms with van der Waals surface area (Å²) in [4.78, 5) is 28.8. The van der Waals surface area contributed by atoms with Crippen molar-refractivity contribution in [1.82, 2.24) is 9.80 Å². The van der Waals surface area contributed by atoms with E-state index in [1.54, 1.807) is 9.80 Å². The molecule has 3 rings (SSSR count). The maximum absolute atomic E-state index is 12.6. The van der Waals surface area contributed by atoms with E-state index in [1.807, 2.05) is 41.5 Å². The summed E-state index contributed by atoms with van der Waals surface area (Å²) in [6, 6.07) is 8.22.